The predicted octanol–water partition coefficient (Wildman–Crippen LogP) is 4.01. The Morgan fingerprint density at radius 1 is 1.29 bits per heavy atom. The van der Waals surface area contributed by atoms with E-state index in [1.807, 2.05) is 0 Å². The summed E-state index contributed by atoms with van der Waals surface area (Å²) >= 11 is 6.32. The van der Waals surface area contributed by atoms with Gasteiger partial charge in [0.2, 0.25) is 0 Å². The fourth-order valence-electron chi connectivity index (χ4n) is 1.07. The predicted molar refractivity (Wildman–Crippen MR) is 57.3 cm³/mol. The molecule has 0 fully saturated rings. The van der Waals surface area contributed by atoms with Crippen molar-refractivity contribution in [2.24, 2.45) is 0 Å². The molecule has 1 aromatic carbocycles. The lowest BCUT2D eigenvalue weighted by Crippen LogP contribution is -1.83. The smallest absolute Gasteiger partial charge is 0.264 e. The largest absolute Gasteiger partial charge is 0.439 e. The number of rotatable bonds is 1. The molecular formula is C9H4Br2FNO. The average molecular weight is 321 g/mol. The fourth-order valence-corrected chi connectivity index (χ4v) is 1.71. The molecule has 0 unspecified atom stereocenters. The Labute approximate surface area is 96.4 Å². The van der Waals surface area contributed by atoms with E-state index in [0.717, 1.165) is 4.47 Å². The van der Waals surface area contributed by atoms with Crippen LogP contribution < -0.4 is 0 Å². The molecule has 0 saturated carbocycles. The molecule has 14 heavy (non-hydrogen) atoms. The quantitative estimate of drug-likeness (QED) is 0.793. The number of nitrogens with zero attached hydrogens (tertiary/aromatic N) is 1. The highest BCUT2D eigenvalue weighted by Gasteiger charge is 2.09. The summed E-state index contributed by atoms with van der Waals surface area (Å²) in [7, 11) is 0. The highest BCUT2D eigenvalue weighted by molar-refractivity contribution is 9.10. The van der Waals surface area contributed by atoms with E-state index in [9.17, 15) is 4.39 Å². The minimum atomic E-state index is -0.325. The molecule has 0 atom stereocenters. The first-order valence-electron chi connectivity index (χ1n) is 3.73. The lowest BCUT2D eigenvalue weighted by molar-refractivity contribution is 0.529. The zero-order valence-corrected chi connectivity index (χ0v) is 9.97. The Kier molecular flexibility index (Phi) is 2.69. The molecule has 0 amide bonds. The van der Waals surface area contributed by atoms with Crippen LogP contribution in [0.15, 0.2) is 38.2 Å². The van der Waals surface area contributed by atoms with E-state index in [1.165, 1.54) is 12.3 Å². The molecule has 0 spiro atoms. The first kappa shape index (κ1) is 9.86. The summed E-state index contributed by atoms with van der Waals surface area (Å²) in [6, 6.07) is 4.66. The average Bonchev–Trinajstić information content (AvgIpc) is 2.56. The monoisotopic (exact) mass is 319 g/mol. The van der Waals surface area contributed by atoms with Crippen LogP contribution in [0.5, 0.6) is 0 Å². The summed E-state index contributed by atoms with van der Waals surface area (Å²) in [6.45, 7) is 0. The third kappa shape index (κ3) is 1.88. The third-order valence-corrected chi connectivity index (χ3v) is 2.54. The molecule has 0 bridgehead atoms. The topological polar surface area (TPSA) is 26.0 Å². The van der Waals surface area contributed by atoms with Crippen molar-refractivity contribution >= 4 is 31.9 Å². The van der Waals surface area contributed by atoms with Gasteiger partial charge in [0.15, 0.2) is 0 Å². The van der Waals surface area contributed by atoms with Gasteiger partial charge < -0.3 is 4.42 Å². The number of oxazole rings is 1. The first-order chi connectivity index (χ1) is 6.66. The van der Waals surface area contributed by atoms with Crippen molar-refractivity contribution in [2.75, 3.05) is 0 Å². The van der Waals surface area contributed by atoms with Crippen LogP contribution in [0.1, 0.15) is 0 Å². The maximum Gasteiger partial charge on any atom is 0.264 e. The van der Waals surface area contributed by atoms with Crippen LogP contribution >= 0.6 is 31.9 Å². The van der Waals surface area contributed by atoms with Crippen molar-refractivity contribution in [3.05, 3.63) is 39.6 Å². The van der Waals surface area contributed by atoms with Gasteiger partial charge in [-0.15, -0.1) is 0 Å². The normalized spacial score (nSPS) is 10.5. The molecule has 0 N–H and O–H groups in total. The summed E-state index contributed by atoms with van der Waals surface area (Å²) in [6.07, 6.45) is 1.40. The second-order valence-electron chi connectivity index (χ2n) is 2.61. The van der Waals surface area contributed by atoms with Gasteiger partial charge in [-0.05, 0) is 18.2 Å². The first-order valence-corrected chi connectivity index (χ1v) is 5.32. The van der Waals surface area contributed by atoms with Crippen LogP contribution in [-0.4, -0.2) is 4.98 Å². The van der Waals surface area contributed by atoms with Gasteiger partial charge >= 0.3 is 0 Å². The van der Waals surface area contributed by atoms with Crippen LogP contribution in [0.2, 0.25) is 0 Å². The summed E-state index contributed by atoms with van der Waals surface area (Å²) in [5.41, 5.74) is 0.879. The Hall–Kier alpha value is -0.680. The third-order valence-electron chi connectivity index (χ3n) is 1.68. The van der Waals surface area contributed by atoms with Gasteiger partial charge in [0.1, 0.15) is 17.8 Å². The second kappa shape index (κ2) is 3.82. The van der Waals surface area contributed by atoms with Crippen LogP contribution in [0.25, 0.3) is 11.3 Å². The van der Waals surface area contributed by atoms with Crippen molar-refractivity contribution < 1.29 is 8.81 Å². The molecule has 72 valence electrons. The van der Waals surface area contributed by atoms with Gasteiger partial charge in [0, 0.05) is 26.0 Å². The maximum atomic E-state index is 13.3. The fraction of sp³-hybridized carbons (Fsp3) is 0. The van der Waals surface area contributed by atoms with Crippen LogP contribution in [-0.2, 0) is 0 Å². The highest BCUT2D eigenvalue weighted by Crippen LogP contribution is 2.26. The van der Waals surface area contributed by atoms with E-state index >= 15 is 0 Å². The molecule has 0 aliphatic heterocycles. The van der Waals surface area contributed by atoms with Crippen LogP contribution in [0, 0.1) is 5.82 Å². The van der Waals surface area contributed by atoms with Crippen molar-refractivity contribution in [1.82, 2.24) is 4.98 Å². The molecule has 2 rings (SSSR count). The van der Waals surface area contributed by atoms with E-state index in [1.54, 1.807) is 12.1 Å². The molecule has 0 radical (unpaired) electrons. The summed E-state index contributed by atoms with van der Waals surface area (Å²) in [5, 5.41) is 0. The van der Waals surface area contributed by atoms with Gasteiger partial charge in [-0.25, -0.2) is 9.37 Å². The van der Waals surface area contributed by atoms with E-state index in [2.05, 4.69) is 36.8 Å². The Morgan fingerprint density at radius 2 is 2.07 bits per heavy atom. The minimum absolute atomic E-state index is 0.325. The molecule has 2 nitrogen and oxygen atoms in total. The lowest BCUT2D eigenvalue weighted by Gasteiger charge is -1.98. The van der Waals surface area contributed by atoms with E-state index < -0.39 is 0 Å². The molecular weight excluding hydrogens is 317 g/mol. The van der Waals surface area contributed by atoms with Gasteiger partial charge in [0.25, 0.3) is 4.80 Å². The van der Waals surface area contributed by atoms with Crippen molar-refractivity contribution in [3.8, 4) is 11.3 Å². The minimum Gasteiger partial charge on any atom is -0.439 e. The van der Waals surface area contributed by atoms with Gasteiger partial charge in [-0.1, -0.05) is 15.9 Å². The Balaban J connectivity index is 2.55. The van der Waals surface area contributed by atoms with E-state index in [-0.39, 0.29) is 5.82 Å². The van der Waals surface area contributed by atoms with Crippen molar-refractivity contribution in [1.29, 1.82) is 0 Å². The second-order valence-corrected chi connectivity index (χ2v) is 4.20. The SMILES string of the molecule is Fc1ccc(Br)cc1-c1coc(Br)n1. The van der Waals surface area contributed by atoms with Crippen LogP contribution in [0.4, 0.5) is 4.39 Å². The van der Waals surface area contributed by atoms with Gasteiger partial charge in [-0.2, -0.15) is 0 Å². The van der Waals surface area contributed by atoms with Gasteiger partial charge in [0.05, 0.1) is 0 Å². The number of aromatic nitrogens is 1. The summed E-state index contributed by atoms with van der Waals surface area (Å²) < 4.78 is 19.1. The number of hydrogen-bond acceptors (Lipinski definition) is 2. The van der Waals surface area contributed by atoms with Gasteiger partial charge in [-0.3, -0.25) is 0 Å². The standard InChI is InChI=1S/C9H4Br2FNO/c10-5-1-2-7(12)6(3-5)8-4-14-9(11)13-8/h1-4H. The van der Waals surface area contributed by atoms with Crippen LogP contribution in [0.3, 0.4) is 0 Å². The van der Waals surface area contributed by atoms with E-state index in [4.69, 9.17) is 4.42 Å². The lowest BCUT2D eigenvalue weighted by atomic mass is 10.1. The van der Waals surface area contributed by atoms with Crippen molar-refractivity contribution in [3.63, 3.8) is 0 Å². The molecule has 0 saturated heterocycles. The Morgan fingerprint density at radius 3 is 2.71 bits per heavy atom. The molecule has 0 aliphatic carbocycles. The molecule has 1 aromatic heterocycles. The zero-order chi connectivity index (χ0) is 10.1. The molecule has 1 heterocycles. The number of hydrogen-bond donors (Lipinski definition) is 0. The summed E-state index contributed by atoms with van der Waals surface area (Å²) in [5.74, 6) is -0.325. The molecule has 0 aliphatic rings. The van der Waals surface area contributed by atoms with E-state index in [0.29, 0.717) is 16.1 Å². The van der Waals surface area contributed by atoms with Crippen molar-refractivity contribution in [2.45, 2.75) is 0 Å². The highest BCUT2D eigenvalue weighted by atomic mass is 79.9. The maximum absolute atomic E-state index is 13.3. The molecule has 2 aromatic rings. The zero-order valence-electron chi connectivity index (χ0n) is 6.80. The Bertz CT molecular complexity index is 470. The number of benzene rings is 1. The molecule has 5 heteroatoms. The summed E-state index contributed by atoms with van der Waals surface area (Å²) in [4.78, 5) is 4.31. The number of halogens is 3.